The highest BCUT2D eigenvalue weighted by atomic mass is 16.5. The molecule has 1 aliphatic heterocycles. The van der Waals surface area contributed by atoms with Crippen molar-refractivity contribution < 1.29 is 9.47 Å². The molecular formula is C15H15NO2. The Hall–Kier alpha value is -2.16. The van der Waals surface area contributed by atoms with Gasteiger partial charge >= 0.3 is 0 Å². The maximum atomic E-state index is 5.77. The molecule has 0 bridgehead atoms. The lowest BCUT2D eigenvalue weighted by Crippen LogP contribution is -2.11. The molecule has 0 radical (unpaired) electrons. The summed E-state index contributed by atoms with van der Waals surface area (Å²) in [6.45, 7) is 1.31. The monoisotopic (exact) mass is 241 g/mol. The molecule has 0 saturated carbocycles. The number of hydrogen-bond acceptors (Lipinski definition) is 3. The largest absolute Gasteiger partial charge is 0.493 e. The number of hydrogen-bond donors (Lipinski definition) is 1. The summed E-state index contributed by atoms with van der Waals surface area (Å²) in [6.07, 6.45) is 0. The first-order valence-electron chi connectivity index (χ1n) is 6.03. The van der Waals surface area contributed by atoms with Crippen LogP contribution in [0.5, 0.6) is 11.5 Å². The van der Waals surface area contributed by atoms with Crippen LogP contribution in [-0.4, -0.2) is 13.2 Å². The molecule has 18 heavy (non-hydrogen) atoms. The average Bonchev–Trinajstić information content (AvgIpc) is 2.82. The predicted molar refractivity (Wildman–Crippen MR) is 71.0 cm³/mol. The first-order valence-corrected chi connectivity index (χ1v) is 6.03. The molecule has 2 N–H and O–H groups in total. The van der Waals surface area contributed by atoms with Gasteiger partial charge in [0.25, 0.3) is 0 Å². The minimum Gasteiger partial charge on any atom is -0.493 e. The van der Waals surface area contributed by atoms with Crippen molar-refractivity contribution in [2.75, 3.05) is 18.9 Å². The van der Waals surface area contributed by atoms with Crippen molar-refractivity contribution in [3.05, 3.63) is 54.1 Å². The molecule has 0 saturated heterocycles. The topological polar surface area (TPSA) is 44.5 Å². The molecular weight excluding hydrogens is 226 g/mol. The van der Waals surface area contributed by atoms with Gasteiger partial charge in [-0.1, -0.05) is 18.2 Å². The van der Waals surface area contributed by atoms with Crippen molar-refractivity contribution in [3.8, 4) is 11.5 Å². The molecule has 1 unspecified atom stereocenters. The molecule has 1 heterocycles. The minimum absolute atomic E-state index is 0.304. The highest BCUT2D eigenvalue weighted by molar-refractivity contribution is 5.42. The summed E-state index contributed by atoms with van der Waals surface area (Å²) in [7, 11) is 0. The maximum Gasteiger partial charge on any atom is 0.123 e. The van der Waals surface area contributed by atoms with Gasteiger partial charge in [0.2, 0.25) is 0 Å². The average molecular weight is 241 g/mol. The van der Waals surface area contributed by atoms with E-state index in [0.717, 1.165) is 17.2 Å². The zero-order chi connectivity index (χ0) is 12.4. The van der Waals surface area contributed by atoms with Crippen LogP contribution in [0.2, 0.25) is 0 Å². The lowest BCUT2D eigenvalue weighted by molar-refractivity contribution is 0.248. The second-order valence-corrected chi connectivity index (χ2v) is 4.43. The number of rotatable bonds is 3. The number of benzene rings is 2. The molecule has 3 rings (SSSR count). The van der Waals surface area contributed by atoms with Gasteiger partial charge in [0, 0.05) is 11.3 Å². The smallest absolute Gasteiger partial charge is 0.123 e. The molecule has 0 fully saturated rings. The van der Waals surface area contributed by atoms with E-state index in [-0.39, 0.29) is 0 Å². The third-order valence-corrected chi connectivity index (χ3v) is 3.13. The van der Waals surface area contributed by atoms with Gasteiger partial charge in [-0.05, 0) is 30.3 Å². The summed E-state index contributed by atoms with van der Waals surface area (Å²) in [5.74, 6) is 2.12. The van der Waals surface area contributed by atoms with Crippen molar-refractivity contribution in [2.24, 2.45) is 0 Å². The lowest BCUT2D eigenvalue weighted by Gasteiger charge is -2.11. The van der Waals surface area contributed by atoms with E-state index in [1.165, 1.54) is 5.56 Å². The van der Waals surface area contributed by atoms with Crippen LogP contribution in [0.15, 0.2) is 48.5 Å². The summed E-state index contributed by atoms with van der Waals surface area (Å²) < 4.78 is 11.4. The second kappa shape index (κ2) is 4.61. The fraction of sp³-hybridized carbons (Fsp3) is 0.200. The van der Waals surface area contributed by atoms with Crippen molar-refractivity contribution in [1.82, 2.24) is 0 Å². The van der Waals surface area contributed by atoms with Gasteiger partial charge < -0.3 is 15.2 Å². The van der Waals surface area contributed by atoms with Crippen LogP contribution in [0.25, 0.3) is 0 Å². The SMILES string of the molecule is Nc1ccc(OCC2COc3ccccc32)cc1. The van der Waals surface area contributed by atoms with Crippen LogP contribution < -0.4 is 15.2 Å². The maximum absolute atomic E-state index is 5.77. The van der Waals surface area contributed by atoms with Gasteiger partial charge in [-0.3, -0.25) is 0 Å². The summed E-state index contributed by atoms with van der Waals surface area (Å²) in [4.78, 5) is 0. The van der Waals surface area contributed by atoms with E-state index in [1.807, 2.05) is 42.5 Å². The van der Waals surface area contributed by atoms with E-state index in [4.69, 9.17) is 15.2 Å². The third-order valence-electron chi connectivity index (χ3n) is 3.13. The lowest BCUT2D eigenvalue weighted by atomic mass is 10.0. The highest BCUT2D eigenvalue weighted by Gasteiger charge is 2.23. The Morgan fingerprint density at radius 2 is 1.89 bits per heavy atom. The minimum atomic E-state index is 0.304. The van der Waals surface area contributed by atoms with Crippen LogP contribution in [0, 0.1) is 0 Å². The highest BCUT2D eigenvalue weighted by Crippen LogP contribution is 2.33. The quantitative estimate of drug-likeness (QED) is 0.840. The Labute approximate surface area is 106 Å². The van der Waals surface area contributed by atoms with Crippen LogP contribution in [0.1, 0.15) is 11.5 Å². The zero-order valence-corrected chi connectivity index (χ0v) is 10.0. The van der Waals surface area contributed by atoms with Crippen LogP contribution in [-0.2, 0) is 0 Å². The van der Waals surface area contributed by atoms with Gasteiger partial charge in [-0.25, -0.2) is 0 Å². The fourth-order valence-electron chi connectivity index (χ4n) is 2.13. The van der Waals surface area contributed by atoms with Crippen molar-refractivity contribution >= 4 is 5.69 Å². The number of fused-ring (bicyclic) bond motifs is 1. The number of anilines is 1. The molecule has 92 valence electrons. The Kier molecular flexibility index (Phi) is 2.81. The number of nitrogen functional groups attached to an aromatic ring is 1. The van der Waals surface area contributed by atoms with Gasteiger partial charge in [0.05, 0.1) is 19.1 Å². The third kappa shape index (κ3) is 2.12. The molecule has 0 spiro atoms. The summed E-state index contributed by atoms with van der Waals surface area (Å²) in [5, 5.41) is 0. The molecule has 1 aliphatic rings. The molecule has 3 heteroatoms. The molecule has 1 atom stereocenters. The Bertz CT molecular complexity index is 536. The molecule has 2 aromatic rings. The van der Waals surface area contributed by atoms with E-state index in [0.29, 0.717) is 19.1 Å². The van der Waals surface area contributed by atoms with E-state index in [1.54, 1.807) is 0 Å². The standard InChI is InChI=1S/C15H15NO2/c16-12-5-7-13(8-6-12)17-9-11-10-18-15-4-2-1-3-14(11)15/h1-8,11H,9-10,16H2. The molecule has 2 aromatic carbocycles. The number of nitrogens with two attached hydrogens (primary N) is 1. The number of para-hydroxylation sites is 1. The van der Waals surface area contributed by atoms with Gasteiger partial charge in [0.1, 0.15) is 11.5 Å². The van der Waals surface area contributed by atoms with Crippen LogP contribution in [0.4, 0.5) is 5.69 Å². The van der Waals surface area contributed by atoms with Crippen molar-refractivity contribution in [1.29, 1.82) is 0 Å². The van der Waals surface area contributed by atoms with E-state index < -0.39 is 0 Å². The van der Waals surface area contributed by atoms with Crippen LogP contribution >= 0.6 is 0 Å². The van der Waals surface area contributed by atoms with Crippen molar-refractivity contribution in [2.45, 2.75) is 5.92 Å². The van der Waals surface area contributed by atoms with E-state index >= 15 is 0 Å². The second-order valence-electron chi connectivity index (χ2n) is 4.43. The Balaban J connectivity index is 1.67. The Morgan fingerprint density at radius 1 is 1.11 bits per heavy atom. The van der Waals surface area contributed by atoms with Gasteiger partial charge in [-0.2, -0.15) is 0 Å². The molecule has 0 aromatic heterocycles. The first-order chi connectivity index (χ1) is 8.83. The molecule has 0 aliphatic carbocycles. The summed E-state index contributed by atoms with van der Waals surface area (Å²) in [6, 6.07) is 15.6. The molecule has 0 amide bonds. The number of ether oxygens (including phenoxy) is 2. The van der Waals surface area contributed by atoms with Crippen LogP contribution in [0.3, 0.4) is 0 Å². The zero-order valence-electron chi connectivity index (χ0n) is 10.0. The predicted octanol–water partition coefficient (Wildman–Crippen LogP) is 2.82. The first kappa shape index (κ1) is 11.0. The van der Waals surface area contributed by atoms with E-state index in [2.05, 4.69) is 6.07 Å². The van der Waals surface area contributed by atoms with E-state index in [9.17, 15) is 0 Å². The Morgan fingerprint density at radius 3 is 2.72 bits per heavy atom. The fourth-order valence-corrected chi connectivity index (χ4v) is 2.13. The normalized spacial score (nSPS) is 17.0. The summed E-state index contributed by atoms with van der Waals surface area (Å²) >= 11 is 0. The molecule has 3 nitrogen and oxygen atoms in total. The van der Waals surface area contributed by atoms with Crippen molar-refractivity contribution in [3.63, 3.8) is 0 Å². The summed E-state index contributed by atoms with van der Waals surface area (Å²) in [5.41, 5.74) is 7.61. The van der Waals surface area contributed by atoms with Gasteiger partial charge in [-0.15, -0.1) is 0 Å². The van der Waals surface area contributed by atoms with Gasteiger partial charge in [0.15, 0.2) is 0 Å².